The van der Waals surface area contributed by atoms with Gasteiger partial charge in [-0.05, 0) is 36.4 Å². The van der Waals surface area contributed by atoms with Gasteiger partial charge in [-0.1, -0.05) is 15.9 Å². The molecule has 0 aromatic heterocycles. The lowest BCUT2D eigenvalue weighted by Crippen LogP contribution is -2.38. The molecular formula is C11H17BrN2OS. The summed E-state index contributed by atoms with van der Waals surface area (Å²) in [5.74, 6) is 7.41. The van der Waals surface area contributed by atoms with Crippen molar-refractivity contribution in [2.24, 2.45) is 5.84 Å². The average Bonchev–Trinajstić information content (AvgIpc) is 2.29. The molecule has 1 rings (SSSR count). The van der Waals surface area contributed by atoms with Crippen molar-refractivity contribution in [1.29, 1.82) is 0 Å². The Bertz CT molecular complexity index is 336. The highest BCUT2D eigenvalue weighted by atomic mass is 79.9. The van der Waals surface area contributed by atoms with Gasteiger partial charge < -0.3 is 4.74 Å². The summed E-state index contributed by atoms with van der Waals surface area (Å²) in [4.78, 5) is 0. The van der Waals surface area contributed by atoms with Gasteiger partial charge in [0.1, 0.15) is 5.75 Å². The third kappa shape index (κ3) is 3.97. The topological polar surface area (TPSA) is 47.3 Å². The van der Waals surface area contributed by atoms with Crippen molar-refractivity contribution in [2.45, 2.75) is 12.5 Å². The number of thioether (sulfide) groups is 1. The van der Waals surface area contributed by atoms with E-state index in [9.17, 15) is 0 Å². The number of hydrazine groups is 1. The van der Waals surface area contributed by atoms with Gasteiger partial charge in [-0.25, -0.2) is 0 Å². The van der Waals surface area contributed by atoms with Crippen LogP contribution in [0.4, 0.5) is 0 Å². The summed E-state index contributed by atoms with van der Waals surface area (Å²) in [5, 5.41) is 0. The maximum absolute atomic E-state index is 5.52. The van der Waals surface area contributed by atoms with Crippen LogP contribution in [-0.2, 0) is 6.42 Å². The van der Waals surface area contributed by atoms with E-state index in [0.717, 1.165) is 28.0 Å². The van der Waals surface area contributed by atoms with Gasteiger partial charge in [0.25, 0.3) is 0 Å². The first-order chi connectivity index (χ1) is 7.71. The van der Waals surface area contributed by atoms with E-state index in [2.05, 4.69) is 33.7 Å². The summed E-state index contributed by atoms with van der Waals surface area (Å²) < 4.78 is 6.39. The summed E-state index contributed by atoms with van der Waals surface area (Å²) in [7, 11) is 1.69. The van der Waals surface area contributed by atoms with Crippen molar-refractivity contribution < 1.29 is 4.74 Å². The Morgan fingerprint density at radius 2 is 2.31 bits per heavy atom. The highest BCUT2D eigenvalue weighted by Crippen LogP contribution is 2.24. The van der Waals surface area contributed by atoms with Crippen LogP contribution >= 0.6 is 27.7 Å². The lowest BCUT2D eigenvalue weighted by molar-refractivity contribution is 0.406. The summed E-state index contributed by atoms with van der Waals surface area (Å²) in [6, 6.07) is 6.27. The third-order valence-corrected chi connectivity index (χ3v) is 3.54. The molecule has 90 valence electrons. The number of hydrogen-bond acceptors (Lipinski definition) is 4. The number of methoxy groups -OCH3 is 1. The fraction of sp³-hybridized carbons (Fsp3) is 0.455. The fourth-order valence-corrected chi connectivity index (χ4v) is 2.56. The second-order valence-corrected chi connectivity index (χ2v) is 5.31. The van der Waals surface area contributed by atoms with Gasteiger partial charge in [0, 0.05) is 16.3 Å². The molecule has 5 heteroatoms. The first-order valence-corrected chi connectivity index (χ1v) is 7.17. The lowest BCUT2D eigenvalue weighted by Gasteiger charge is -2.16. The zero-order valence-corrected chi connectivity index (χ0v) is 11.9. The standard InChI is InChI=1S/C11H17BrN2OS/c1-15-11-4-3-9(12)5-8(11)6-10(14-13)7-16-2/h3-5,10,14H,6-7,13H2,1-2H3. The van der Waals surface area contributed by atoms with Crippen LogP contribution in [0, 0.1) is 0 Å². The number of nitrogens with two attached hydrogens (primary N) is 1. The van der Waals surface area contributed by atoms with E-state index in [1.54, 1.807) is 18.9 Å². The molecule has 1 aromatic rings. The maximum Gasteiger partial charge on any atom is 0.122 e. The maximum atomic E-state index is 5.52. The number of halogens is 1. The van der Waals surface area contributed by atoms with Crippen molar-refractivity contribution in [1.82, 2.24) is 5.43 Å². The zero-order valence-electron chi connectivity index (χ0n) is 9.50. The average molecular weight is 305 g/mol. The van der Waals surface area contributed by atoms with Gasteiger partial charge in [0.2, 0.25) is 0 Å². The van der Waals surface area contributed by atoms with Crippen molar-refractivity contribution in [3.05, 3.63) is 28.2 Å². The number of ether oxygens (including phenoxy) is 1. The molecule has 0 spiro atoms. The molecular weight excluding hydrogens is 288 g/mol. The molecule has 1 unspecified atom stereocenters. The van der Waals surface area contributed by atoms with E-state index in [4.69, 9.17) is 10.6 Å². The molecule has 3 nitrogen and oxygen atoms in total. The first kappa shape index (κ1) is 13.8. The van der Waals surface area contributed by atoms with E-state index in [0.29, 0.717) is 0 Å². The SMILES string of the molecule is COc1ccc(Br)cc1CC(CSC)NN. The van der Waals surface area contributed by atoms with Gasteiger partial charge in [-0.3, -0.25) is 11.3 Å². The Kier molecular flexibility index (Phi) is 6.20. The predicted octanol–water partition coefficient (Wildman–Crippen LogP) is 2.20. The highest BCUT2D eigenvalue weighted by Gasteiger charge is 2.11. The number of rotatable bonds is 6. The first-order valence-electron chi connectivity index (χ1n) is 4.98. The largest absolute Gasteiger partial charge is 0.496 e. The Morgan fingerprint density at radius 3 is 2.88 bits per heavy atom. The molecule has 1 atom stereocenters. The third-order valence-electron chi connectivity index (χ3n) is 2.31. The summed E-state index contributed by atoms with van der Waals surface area (Å²) in [6.07, 6.45) is 2.93. The molecule has 0 radical (unpaired) electrons. The minimum atomic E-state index is 0.262. The van der Waals surface area contributed by atoms with Crippen molar-refractivity contribution in [3.63, 3.8) is 0 Å². The molecule has 1 aromatic carbocycles. The Hall–Kier alpha value is -0.230. The second kappa shape index (κ2) is 7.17. The molecule has 0 saturated heterocycles. The van der Waals surface area contributed by atoms with Crippen LogP contribution in [0.25, 0.3) is 0 Å². The highest BCUT2D eigenvalue weighted by molar-refractivity contribution is 9.10. The molecule has 16 heavy (non-hydrogen) atoms. The lowest BCUT2D eigenvalue weighted by atomic mass is 10.1. The summed E-state index contributed by atoms with van der Waals surface area (Å²) in [6.45, 7) is 0. The second-order valence-electron chi connectivity index (χ2n) is 3.48. The van der Waals surface area contributed by atoms with Gasteiger partial charge in [0.15, 0.2) is 0 Å². The summed E-state index contributed by atoms with van der Waals surface area (Å²) >= 11 is 5.24. The Labute approximate surface area is 109 Å². The summed E-state index contributed by atoms with van der Waals surface area (Å²) in [5.41, 5.74) is 3.99. The van der Waals surface area contributed by atoms with Gasteiger partial charge in [0.05, 0.1) is 7.11 Å². The van der Waals surface area contributed by atoms with Crippen LogP contribution < -0.4 is 16.0 Å². The van der Waals surface area contributed by atoms with Gasteiger partial charge in [-0.2, -0.15) is 11.8 Å². The molecule has 0 bridgehead atoms. The molecule has 0 amide bonds. The zero-order chi connectivity index (χ0) is 12.0. The van der Waals surface area contributed by atoms with E-state index in [1.807, 2.05) is 12.1 Å². The monoisotopic (exact) mass is 304 g/mol. The molecule has 0 heterocycles. The predicted molar refractivity (Wildman–Crippen MR) is 73.9 cm³/mol. The van der Waals surface area contributed by atoms with Crippen LogP contribution in [0.1, 0.15) is 5.56 Å². The molecule has 0 aliphatic rings. The Balaban J connectivity index is 2.80. The molecule has 0 aliphatic heterocycles. The van der Waals surface area contributed by atoms with Crippen molar-refractivity contribution in [2.75, 3.05) is 19.1 Å². The van der Waals surface area contributed by atoms with Crippen LogP contribution in [0.3, 0.4) is 0 Å². The van der Waals surface area contributed by atoms with E-state index < -0.39 is 0 Å². The van der Waals surface area contributed by atoms with Crippen LogP contribution in [0.15, 0.2) is 22.7 Å². The molecule has 0 saturated carbocycles. The Morgan fingerprint density at radius 1 is 1.56 bits per heavy atom. The van der Waals surface area contributed by atoms with E-state index in [-0.39, 0.29) is 6.04 Å². The van der Waals surface area contributed by atoms with Crippen LogP contribution in [0.2, 0.25) is 0 Å². The fourth-order valence-electron chi connectivity index (χ4n) is 1.54. The van der Waals surface area contributed by atoms with Gasteiger partial charge in [-0.15, -0.1) is 0 Å². The number of nitrogens with one attached hydrogen (secondary N) is 1. The van der Waals surface area contributed by atoms with E-state index >= 15 is 0 Å². The normalized spacial score (nSPS) is 12.5. The number of hydrogen-bond donors (Lipinski definition) is 2. The van der Waals surface area contributed by atoms with Crippen molar-refractivity contribution in [3.8, 4) is 5.75 Å². The van der Waals surface area contributed by atoms with Crippen LogP contribution in [0.5, 0.6) is 5.75 Å². The molecule has 3 N–H and O–H groups in total. The van der Waals surface area contributed by atoms with Crippen molar-refractivity contribution >= 4 is 27.7 Å². The quantitative estimate of drug-likeness (QED) is 0.625. The van der Waals surface area contributed by atoms with E-state index in [1.165, 1.54) is 0 Å². The minimum Gasteiger partial charge on any atom is -0.496 e. The minimum absolute atomic E-state index is 0.262. The van der Waals surface area contributed by atoms with Gasteiger partial charge >= 0.3 is 0 Å². The number of benzene rings is 1. The molecule has 0 fully saturated rings. The molecule has 0 aliphatic carbocycles. The van der Waals surface area contributed by atoms with Crippen LogP contribution in [-0.4, -0.2) is 25.2 Å². The smallest absolute Gasteiger partial charge is 0.122 e.